The summed E-state index contributed by atoms with van der Waals surface area (Å²) in [6.07, 6.45) is 1.60. The largest absolute Gasteiger partial charge is 0.410 e. The predicted molar refractivity (Wildman–Crippen MR) is 94.0 cm³/mol. The van der Waals surface area contributed by atoms with Crippen molar-refractivity contribution in [1.29, 1.82) is 0 Å². The molecule has 29 heavy (non-hydrogen) atoms. The topological polar surface area (TPSA) is 56.2 Å². The molecule has 0 fully saturated rings. The molecule has 0 aliphatic carbocycles. The summed E-state index contributed by atoms with van der Waals surface area (Å²) in [6.45, 7) is 1.71. The molecule has 0 aliphatic rings. The van der Waals surface area contributed by atoms with E-state index in [4.69, 9.17) is 16.0 Å². The van der Waals surface area contributed by atoms with Crippen molar-refractivity contribution in [2.45, 2.75) is 17.9 Å². The van der Waals surface area contributed by atoms with Crippen LogP contribution in [-0.2, 0) is 5.75 Å². The van der Waals surface area contributed by atoms with E-state index in [0.717, 1.165) is 0 Å². The molecular formula is C17H8ClF5N4OS. The van der Waals surface area contributed by atoms with Gasteiger partial charge >= 0.3 is 0 Å². The summed E-state index contributed by atoms with van der Waals surface area (Å²) in [6, 6.07) is 3.35. The molecule has 3 aromatic heterocycles. The predicted octanol–water partition coefficient (Wildman–Crippen LogP) is 5.33. The molecule has 0 atom stereocenters. The minimum Gasteiger partial charge on any atom is -0.410 e. The van der Waals surface area contributed by atoms with Gasteiger partial charge < -0.3 is 4.42 Å². The van der Waals surface area contributed by atoms with Crippen LogP contribution >= 0.6 is 23.4 Å². The molecule has 4 rings (SSSR count). The molecule has 3 heterocycles. The zero-order valence-electron chi connectivity index (χ0n) is 14.3. The van der Waals surface area contributed by atoms with Gasteiger partial charge in [0.2, 0.25) is 5.82 Å². The highest BCUT2D eigenvalue weighted by molar-refractivity contribution is 7.98. The first-order chi connectivity index (χ1) is 13.8. The minimum atomic E-state index is -2.21. The van der Waals surface area contributed by atoms with Crippen LogP contribution in [0.1, 0.15) is 11.3 Å². The van der Waals surface area contributed by atoms with Gasteiger partial charge in [-0.1, -0.05) is 23.4 Å². The molecule has 0 radical (unpaired) electrons. The van der Waals surface area contributed by atoms with Crippen molar-refractivity contribution >= 4 is 29.0 Å². The van der Waals surface area contributed by atoms with E-state index in [9.17, 15) is 22.0 Å². The number of aryl methyl sites for hydroxylation is 1. The molecule has 5 nitrogen and oxygen atoms in total. The lowest BCUT2D eigenvalue weighted by molar-refractivity contribution is 0.372. The number of hydrogen-bond donors (Lipinski definition) is 0. The normalized spacial score (nSPS) is 11.6. The number of benzene rings is 1. The van der Waals surface area contributed by atoms with Crippen LogP contribution in [0.4, 0.5) is 22.0 Å². The molecule has 0 N–H and O–H groups in total. The van der Waals surface area contributed by atoms with E-state index in [-0.39, 0.29) is 11.1 Å². The SMILES string of the molecule is Cc1nc2ccc(Cl)cn2c1-c1nnc(SCc2c(F)c(F)c(F)c(F)c2F)o1. The summed E-state index contributed by atoms with van der Waals surface area (Å²) in [4.78, 5) is 4.34. The number of fused-ring (bicyclic) bond motifs is 1. The quantitative estimate of drug-likeness (QED) is 0.183. The molecule has 150 valence electrons. The number of hydrogen-bond acceptors (Lipinski definition) is 5. The van der Waals surface area contributed by atoms with Crippen LogP contribution in [-0.4, -0.2) is 19.6 Å². The van der Waals surface area contributed by atoms with E-state index in [0.29, 0.717) is 33.8 Å². The second kappa shape index (κ2) is 7.30. The lowest BCUT2D eigenvalue weighted by atomic mass is 10.2. The Morgan fingerprint density at radius 2 is 1.66 bits per heavy atom. The van der Waals surface area contributed by atoms with Gasteiger partial charge in [0.15, 0.2) is 23.3 Å². The van der Waals surface area contributed by atoms with Crippen molar-refractivity contribution in [2.24, 2.45) is 0 Å². The molecule has 1 aromatic carbocycles. The van der Waals surface area contributed by atoms with Crippen LogP contribution < -0.4 is 0 Å². The first-order valence-corrected chi connectivity index (χ1v) is 9.25. The fraction of sp³-hybridized carbons (Fsp3) is 0.118. The van der Waals surface area contributed by atoms with Crippen LogP contribution in [0.3, 0.4) is 0 Å². The van der Waals surface area contributed by atoms with Crippen molar-refractivity contribution in [3.8, 4) is 11.6 Å². The maximum absolute atomic E-state index is 13.8. The van der Waals surface area contributed by atoms with Crippen molar-refractivity contribution in [2.75, 3.05) is 0 Å². The third-order valence-electron chi connectivity index (χ3n) is 4.01. The third-order valence-corrected chi connectivity index (χ3v) is 5.07. The highest BCUT2D eigenvalue weighted by atomic mass is 35.5. The van der Waals surface area contributed by atoms with E-state index in [1.54, 1.807) is 29.7 Å². The highest BCUT2D eigenvalue weighted by Gasteiger charge is 2.26. The Hall–Kier alpha value is -2.66. The molecule has 0 saturated heterocycles. The van der Waals surface area contributed by atoms with Crippen molar-refractivity contribution in [1.82, 2.24) is 19.6 Å². The van der Waals surface area contributed by atoms with Gasteiger partial charge in [-0.25, -0.2) is 26.9 Å². The van der Waals surface area contributed by atoms with E-state index < -0.39 is 40.4 Å². The Bertz CT molecular complexity index is 1230. The Labute approximate surface area is 168 Å². The Morgan fingerprint density at radius 3 is 2.34 bits per heavy atom. The van der Waals surface area contributed by atoms with Crippen LogP contribution in [0.5, 0.6) is 0 Å². The molecular weight excluding hydrogens is 439 g/mol. The van der Waals surface area contributed by atoms with Crippen molar-refractivity contribution in [3.63, 3.8) is 0 Å². The Kier molecular flexibility index (Phi) is 4.95. The van der Waals surface area contributed by atoms with Gasteiger partial charge in [0.25, 0.3) is 11.1 Å². The third kappa shape index (κ3) is 3.33. The molecule has 0 amide bonds. The molecule has 0 spiro atoms. The van der Waals surface area contributed by atoms with Crippen molar-refractivity contribution in [3.05, 3.63) is 63.7 Å². The smallest absolute Gasteiger partial charge is 0.277 e. The second-order valence-corrected chi connectivity index (χ2v) is 7.19. The van der Waals surface area contributed by atoms with E-state index in [1.165, 1.54) is 0 Å². The zero-order chi connectivity index (χ0) is 20.9. The van der Waals surface area contributed by atoms with Crippen LogP contribution in [0.2, 0.25) is 5.02 Å². The average molecular weight is 447 g/mol. The summed E-state index contributed by atoms with van der Waals surface area (Å²) in [5, 5.41) is 7.93. The summed E-state index contributed by atoms with van der Waals surface area (Å²) >= 11 is 6.62. The summed E-state index contributed by atoms with van der Waals surface area (Å²) < 4.78 is 74.4. The van der Waals surface area contributed by atoms with Crippen LogP contribution in [0, 0.1) is 36.0 Å². The van der Waals surface area contributed by atoms with Crippen LogP contribution in [0.15, 0.2) is 28.0 Å². The molecule has 0 saturated carbocycles. The summed E-state index contributed by atoms with van der Waals surface area (Å²) in [7, 11) is 0. The van der Waals surface area contributed by atoms with Gasteiger partial charge in [0.1, 0.15) is 11.3 Å². The second-order valence-electron chi connectivity index (χ2n) is 5.83. The fourth-order valence-electron chi connectivity index (χ4n) is 2.67. The monoisotopic (exact) mass is 446 g/mol. The highest BCUT2D eigenvalue weighted by Crippen LogP contribution is 2.31. The maximum Gasteiger partial charge on any atom is 0.277 e. The lowest BCUT2D eigenvalue weighted by Gasteiger charge is -2.06. The number of pyridine rings is 1. The first-order valence-electron chi connectivity index (χ1n) is 7.89. The Balaban J connectivity index is 1.64. The van der Waals surface area contributed by atoms with Gasteiger partial charge in [-0.3, -0.25) is 4.40 Å². The summed E-state index contributed by atoms with van der Waals surface area (Å²) in [5.74, 6) is -10.6. The number of aromatic nitrogens is 4. The number of imidazole rings is 1. The van der Waals surface area contributed by atoms with Gasteiger partial charge in [0, 0.05) is 17.5 Å². The molecule has 4 aromatic rings. The Morgan fingerprint density at radius 1 is 1.00 bits per heavy atom. The summed E-state index contributed by atoms with van der Waals surface area (Å²) in [5.41, 5.74) is 0.616. The molecule has 0 unspecified atom stereocenters. The van der Waals surface area contributed by atoms with Crippen molar-refractivity contribution < 1.29 is 26.4 Å². The number of halogens is 6. The number of thioether (sulfide) groups is 1. The van der Waals surface area contributed by atoms with Gasteiger partial charge in [-0.15, -0.1) is 10.2 Å². The maximum atomic E-state index is 13.8. The van der Waals surface area contributed by atoms with E-state index in [2.05, 4.69) is 15.2 Å². The average Bonchev–Trinajstić information content (AvgIpc) is 3.27. The molecule has 0 bridgehead atoms. The minimum absolute atomic E-state index is 0.0529. The van der Waals surface area contributed by atoms with E-state index in [1.807, 2.05) is 0 Å². The molecule has 0 aliphatic heterocycles. The van der Waals surface area contributed by atoms with Crippen LogP contribution in [0.25, 0.3) is 17.2 Å². The number of nitrogens with zero attached hydrogens (tertiary/aromatic N) is 4. The first kappa shape index (κ1) is 19.6. The van der Waals surface area contributed by atoms with Gasteiger partial charge in [-0.05, 0) is 19.1 Å². The molecule has 12 heteroatoms. The zero-order valence-corrected chi connectivity index (χ0v) is 15.9. The van der Waals surface area contributed by atoms with Gasteiger partial charge in [0.05, 0.1) is 10.7 Å². The van der Waals surface area contributed by atoms with Gasteiger partial charge in [-0.2, -0.15) is 0 Å². The number of rotatable bonds is 4. The lowest BCUT2D eigenvalue weighted by Crippen LogP contribution is -2.06. The van der Waals surface area contributed by atoms with E-state index >= 15 is 0 Å². The fourth-order valence-corrected chi connectivity index (χ4v) is 3.59. The standard InChI is InChI=1S/C17H8ClF5N4OS/c1-6-15(27-4-7(18)2-3-9(27)24-6)16-25-26-17(28-16)29-5-8-10(19)12(21)14(23)13(22)11(8)20/h2-4H,5H2,1H3.